The van der Waals surface area contributed by atoms with Gasteiger partial charge in [-0.3, -0.25) is 9.59 Å². The van der Waals surface area contributed by atoms with Crippen LogP contribution >= 0.6 is 0 Å². The second kappa shape index (κ2) is 6.35. The van der Waals surface area contributed by atoms with Crippen molar-refractivity contribution in [2.45, 2.75) is 31.7 Å². The fraction of sp³-hybridized carbons (Fsp3) is 0.800. The summed E-state index contributed by atoms with van der Waals surface area (Å²) in [6, 6.07) is -0.752. The summed E-state index contributed by atoms with van der Waals surface area (Å²) in [5.74, 6) is 0.0835. The number of carbonyl (C=O) groups is 3. The van der Waals surface area contributed by atoms with Crippen LogP contribution in [0.15, 0.2) is 0 Å². The van der Waals surface area contributed by atoms with Gasteiger partial charge in [-0.05, 0) is 24.7 Å². The molecule has 8 nitrogen and oxygen atoms in total. The van der Waals surface area contributed by atoms with Crippen molar-refractivity contribution in [3.05, 3.63) is 0 Å². The third kappa shape index (κ3) is 3.26. The smallest absolute Gasteiger partial charge is 0.315 e. The molecule has 0 radical (unpaired) electrons. The highest BCUT2D eigenvalue weighted by atomic mass is 16.3. The maximum atomic E-state index is 12.4. The van der Waals surface area contributed by atoms with E-state index in [1.165, 1.54) is 0 Å². The Kier molecular flexibility index (Phi) is 4.43. The second-order valence-corrected chi connectivity index (χ2v) is 6.77. The van der Waals surface area contributed by atoms with Crippen LogP contribution in [0, 0.1) is 5.41 Å². The van der Waals surface area contributed by atoms with Crippen molar-refractivity contribution < 1.29 is 19.5 Å². The first-order chi connectivity index (χ1) is 11.0. The molecule has 0 bridgehead atoms. The molecule has 3 aliphatic rings. The van der Waals surface area contributed by atoms with E-state index in [0.717, 1.165) is 19.3 Å². The van der Waals surface area contributed by atoms with Crippen LogP contribution in [0.1, 0.15) is 25.7 Å². The maximum Gasteiger partial charge on any atom is 0.315 e. The molecule has 3 fully saturated rings. The number of β-amino-alcohol motifs (C(OH)–C–C–N with tert-alkyl or cyclic N) is 1. The monoisotopic (exact) mass is 324 g/mol. The Hall–Kier alpha value is -1.83. The Labute approximate surface area is 135 Å². The fourth-order valence-electron chi connectivity index (χ4n) is 3.86. The van der Waals surface area contributed by atoms with Crippen LogP contribution in [-0.4, -0.2) is 78.1 Å². The molecule has 3 N–H and O–H groups in total. The van der Waals surface area contributed by atoms with Gasteiger partial charge in [-0.2, -0.15) is 0 Å². The highest BCUT2D eigenvalue weighted by Gasteiger charge is 2.42. The number of piperidine rings is 2. The summed E-state index contributed by atoms with van der Waals surface area (Å²) < 4.78 is 0. The molecular formula is C15H24N4O4. The van der Waals surface area contributed by atoms with Crippen molar-refractivity contribution in [2.75, 3.05) is 39.3 Å². The number of hydrogen-bond acceptors (Lipinski definition) is 4. The zero-order valence-corrected chi connectivity index (χ0v) is 13.2. The minimum atomic E-state index is -0.463. The summed E-state index contributed by atoms with van der Waals surface area (Å²) in [4.78, 5) is 39.0. The number of aliphatic hydroxyl groups excluding tert-OH is 1. The van der Waals surface area contributed by atoms with E-state index < -0.39 is 6.04 Å². The number of aliphatic hydroxyl groups is 1. The lowest BCUT2D eigenvalue weighted by Gasteiger charge is -2.47. The lowest BCUT2D eigenvalue weighted by Crippen LogP contribution is -2.55. The number of urea groups is 1. The first-order valence-corrected chi connectivity index (χ1v) is 8.25. The first kappa shape index (κ1) is 16.0. The van der Waals surface area contributed by atoms with Gasteiger partial charge in [0.25, 0.3) is 0 Å². The highest BCUT2D eigenvalue weighted by Crippen LogP contribution is 2.40. The Morgan fingerprint density at radius 1 is 1.26 bits per heavy atom. The van der Waals surface area contributed by atoms with Crippen LogP contribution in [0.3, 0.4) is 0 Å². The molecule has 4 amide bonds. The standard InChI is InChI=1S/C15H24N4O4/c20-8-7-19-10-15(2-1-12(19)21)3-5-18(6-4-15)13(22)11-9-16-14(23)17-11/h11,20H,1-10H2,(H2,16,17,23)/t11-/m1/s1. The van der Waals surface area contributed by atoms with E-state index in [4.69, 9.17) is 5.11 Å². The molecule has 0 unspecified atom stereocenters. The number of carbonyl (C=O) groups excluding carboxylic acids is 3. The average Bonchev–Trinajstić information content (AvgIpc) is 2.98. The Balaban J connectivity index is 1.56. The predicted molar refractivity (Wildman–Crippen MR) is 81.5 cm³/mol. The minimum Gasteiger partial charge on any atom is -0.395 e. The molecule has 3 saturated heterocycles. The largest absolute Gasteiger partial charge is 0.395 e. The molecule has 23 heavy (non-hydrogen) atoms. The SMILES string of the molecule is O=C1NC[C@H](C(=O)N2CCC3(CCC(=O)N(CCO)C3)CC2)N1. The molecule has 0 aliphatic carbocycles. The Bertz CT molecular complexity index is 502. The maximum absolute atomic E-state index is 12.4. The van der Waals surface area contributed by atoms with Crippen molar-refractivity contribution in [1.29, 1.82) is 0 Å². The molecule has 1 atom stereocenters. The summed E-state index contributed by atoms with van der Waals surface area (Å²) in [5, 5.41) is 14.3. The predicted octanol–water partition coefficient (Wildman–Crippen LogP) is -1.11. The molecule has 0 aromatic heterocycles. The van der Waals surface area contributed by atoms with Crippen molar-refractivity contribution in [2.24, 2.45) is 5.41 Å². The molecule has 1 spiro atoms. The van der Waals surface area contributed by atoms with Crippen LogP contribution in [-0.2, 0) is 9.59 Å². The minimum absolute atomic E-state index is 0.0131. The van der Waals surface area contributed by atoms with E-state index in [-0.39, 0.29) is 29.9 Å². The van der Waals surface area contributed by atoms with Crippen molar-refractivity contribution in [1.82, 2.24) is 20.4 Å². The van der Waals surface area contributed by atoms with Crippen LogP contribution in [0.4, 0.5) is 4.79 Å². The van der Waals surface area contributed by atoms with E-state index in [2.05, 4.69) is 10.6 Å². The van der Waals surface area contributed by atoms with Gasteiger partial charge >= 0.3 is 6.03 Å². The summed E-state index contributed by atoms with van der Waals surface area (Å²) in [5.41, 5.74) is 0.0665. The summed E-state index contributed by atoms with van der Waals surface area (Å²) in [6.45, 7) is 2.72. The molecule has 3 rings (SSSR count). The average molecular weight is 324 g/mol. The van der Waals surface area contributed by atoms with Crippen LogP contribution in [0.2, 0.25) is 0 Å². The van der Waals surface area contributed by atoms with Gasteiger partial charge in [0.2, 0.25) is 11.8 Å². The molecule has 0 aromatic rings. The summed E-state index contributed by atoms with van der Waals surface area (Å²) >= 11 is 0. The van der Waals surface area contributed by atoms with Gasteiger partial charge < -0.3 is 25.5 Å². The Morgan fingerprint density at radius 3 is 2.61 bits per heavy atom. The van der Waals surface area contributed by atoms with Gasteiger partial charge in [-0.25, -0.2) is 4.79 Å². The lowest BCUT2D eigenvalue weighted by molar-refractivity contribution is -0.143. The number of nitrogens with zero attached hydrogens (tertiary/aromatic N) is 2. The van der Waals surface area contributed by atoms with Crippen LogP contribution in [0.5, 0.6) is 0 Å². The molecule has 128 valence electrons. The molecular weight excluding hydrogens is 300 g/mol. The number of hydrogen-bond donors (Lipinski definition) is 3. The third-order valence-corrected chi connectivity index (χ3v) is 5.32. The van der Waals surface area contributed by atoms with E-state index in [0.29, 0.717) is 39.1 Å². The molecule has 8 heteroatoms. The van der Waals surface area contributed by atoms with E-state index in [1.54, 1.807) is 4.90 Å². The van der Waals surface area contributed by atoms with Crippen molar-refractivity contribution in [3.8, 4) is 0 Å². The van der Waals surface area contributed by atoms with Crippen molar-refractivity contribution >= 4 is 17.8 Å². The van der Waals surface area contributed by atoms with Gasteiger partial charge in [0.05, 0.1) is 6.61 Å². The number of nitrogens with one attached hydrogen (secondary N) is 2. The first-order valence-electron chi connectivity index (χ1n) is 8.25. The zero-order valence-electron chi connectivity index (χ0n) is 13.2. The van der Waals surface area contributed by atoms with Gasteiger partial charge in [0.1, 0.15) is 6.04 Å². The quantitative estimate of drug-likeness (QED) is 0.613. The van der Waals surface area contributed by atoms with E-state index >= 15 is 0 Å². The van der Waals surface area contributed by atoms with Gasteiger partial charge in [-0.1, -0.05) is 0 Å². The lowest BCUT2D eigenvalue weighted by atomic mass is 9.72. The number of likely N-dealkylation sites (tertiary alicyclic amines) is 2. The molecule has 0 aromatic carbocycles. The normalized spacial score (nSPS) is 27.1. The summed E-state index contributed by atoms with van der Waals surface area (Å²) in [6.07, 6.45) is 3.11. The Morgan fingerprint density at radius 2 is 2.00 bits per heavy atom. The van der Waals surface area contributed by atoms with E-state index in [9.17, 15) is 14.4 Å². The zero-order chi connectivity index (χ0) is 16.4. The van der Waals surface area contributed by atoms with Crippen LogP contribution in [0.25, 0.3) is 0 Å². The third-order valence-electron chi connectivity index (χ3n) is 5.32. The highest BCUT2D eigenvalue weighted by molar-refractivity contribution is 5.90. The molecule has 3 heterocycles. The second-order valence-electron chi connectivity index (χ2n) is 6.77. The van der Waals surface area contributed by atoms with Gasteiger partial charge in [0.15, 0.2) is 0 Å². The number of amides is 4. The topological polar surface area (TPSA) is 102 Å². The van der Waals surface area contributed by atoms with Crippen LogP contribution < -0.4 is 10.6 Å². The van der Waals surface area contributed by atoms with E-state index in [1.807, 2.05) is 4.90 Å². The fourth-order valence-corrected chi connectivity index (χ4v) is 3.86. The number of rotatable bonds is 3. The van der Waals surface area contributed by atoms with Gasteiger partial charge in [0, 0.05) is 39.1 Å². The van der Waals surface area contributed by atoms with Gasteiger partial charge in [-0.15, -0.1) is 0 Å². The van der Waals surface area contributed by atoms with Crippen molar-refractivity contribution in [3.63, 3.8) is 0 Å². The summed E-state index contributed by atoms with van der Waals surface area (Å²) in [7, 11) is 0. The molecule has 3 aliphatic heterocycles. The molecule has 0 saturated carbocycles.